The molecule has 0 atom stereocenters. The zero-order valence-corrected chi connectivity index (χ0v) is 13.2. The number of β-amino-alcohol motifs (C(OH)–C–C–N with tert-alkyl or cyclic N) is 1. The van der Waals surface area contributed by atoms with Crippen molar-refractivity contribution in [3.05, 3.63) is 44.8 Å². The van der Waals surface area contributed by atoms with Crippen LogP contribution in [0.2, 0.25) is 0 Å². The van der Waals surface area contributed by atoms with Crippen molar-refractivity contribution in [1.82, 2.24) is 4.90 Å². The summed E-state index contributed by atoms with van der Waals surface area (Å²) in [6, 6.07) is 8.91. The van der Waals surface area contributed by atoms with E-state index in [0.717, 1.165) is 25.6 Å². The van der Waals surface area contributed by atoms with Gasteiger partial charge in [0.15, 0.2) is 0 Å². The van der Waals surface area contributed by atoms with Gasteiger partial charge in [-0.25, -0.2) is 0 Å². The Hall–Kier alpha value is -0.680. The molecule has 0 bridgehead atoms. The van der Waals surface area contributed by atoms with Gasteiger partial charge in [-0.1, -0.05) is 12.1 Å². The standard InChI is InChI=1S/C16H21NOS2/c18-10-9-17-7-5-13(6-8-17)16(14-3-1-11-19-14)15-4-2-12-20-15/h1-4,11-13,16,18H,5-10H2. The van der Waals surface area contributed by atoms with Crippen molar-refractivity contribution in [3.8, 4) is 0 Å². The fourth-order valence-electron chi connectivity index (χ4n) is 3.19. The molecule has 0 aromatic carbocycles. The maximum Gasteiger partial charge on any atom is 0.0558 e. The third kappa shape index (κ3) is 3.14. The first-order valence-electron chi connectivity index (χ1n) is 7.28. The van der Waals surface area contributed by atoms with Crippen LogP contribution in [-0.4, -0.2) is 36.2 Å². The Labute approximate surface area is 128 Å². The van der Waals surface area contributed by atoms with Crippen LogP contribution in [0.25, 0.3) is 0 Å². The van der Waals surface area contributed by atoms with Gasteiger partial charge >= 0.3 is 0 Å². The summed E-state index contributed by atoms with van der Waals surface area (Å²) < 4.78 is 0. The number of aliphatic hydroxyl groups is 1. The number of thiophene rings is 2. The lowest BCUT2D eigenvalue weighted by molar-refractivity contribution is 0.143. The van der Waals surface area contributed by atoms with E-state index in [4.69, 9.17) is 5.11 Å². The second kappa shape index (κ2) is 6.85. The minimum atomic E-state index is 0.282. The molecule has 1 saturated heterocycles. The molecule has 2 aromatic heterocycles. The summed E-state index contributed by atoms with van der Waals surface area (Å²) >= 11 is 3.77. The van der Waals surface area contributed by atoms with Crippen LogP contribution in [0.4, 0.5) is 0 Å². The average Bonchev–Trinajstić information content (AvgIpc) is 3.15. The Morgan fingerprint density at radius 3 is 2.15 bits per heavy atom. The van der Waals surface area contributed by atoms with Gasteiger partial charge in [-0.05, 0) is 54.7 Å². The van der Waals surface area contributed by atoms with Crippen LogP contribution in [-0.2, 0) is 0 Å². The van der Waals surface area contributed by atoms with Gasteiger partial charge in [-0.2, -0.15) is 0 Å². The van der Waals surface area contributed by atoms with Crippen molar-refractivity contribution in [2.24, 2.45) is 5.92 Å². The normalized spacial score (nSPS) is 17.9. The topological polar surface area (TPSA) is 23.5 Å². The maximum absolute atomic E-state index is 9.06. The summed E-state index contributed by atoms with van der Waals surface area (Å²) in [5.41, 5.74) is 0. The van der Waals surface area contributed by atoms with Crippen LogP contribution < -0.4 is 0 Å². The lowest BCUT2D eigenvalue weighted by Gasteiger charge is -2.35. The average molecular weight is 307 g/mol. The Morgan fingerprint density at radius 2 is 1.70 bits per heavy atom. The monoisotopic (exact) mass is 307 g/mol. The highest BCUT2D eigenvalue weighted by molar-refractivity contribution is 7.11. The van der Waals surface area contributed by atoms with Gasteiger partial charge in [-0.15, -0.1) is 22.7 Å². The molecule has 1 aliphatic heterocycles. The fraction of sp³-hybridized carbons (Fsp3) is 0.500. The molecule has 0 aliphatic carbocycles. The van der Waals surface area contributed by atoms with Crippen LogP contribution in [0, 0.1) is 5.92 Å². The van der Waals surface area contributed by atoms with Crippen molar-refractivity contribution in [1.29, 1.82) is 0 Å². The highest BCUT2D eigenvalue weighted by atomic mass is 32.1. The van der Waals surface area contributed by atoms with E-state index in [0.29, 0.717) is 5.92 Å². The van der Waals surface area contributed by atoms with Crippen molar-refractivity contribution in [2.45, 2.75) is 18.8 Å². The minimum Gasteiger partial charge on any atom is -0.395 e. The third-order valence-electron chi connectivity index (χ3n) is 4.22. The molecule has 1 N–H and O–H groups in total. The van der Waals surface area contributed by atoms with E-state index in [1.165, 1.54) is 22.6 Å². The van der Waals surface area contributed by atoms with Crippen LogP contribution in [0.1, 0.15) is 28.5 Å². The quantitative estimate of drug-likeness (QED) is 0.911. The zero-order chi connectivity index (χ0) is 13.8. The number of hydrogen-bond acceptors (Lipinski definition) is 4. The van der Waals surface area contributed by atoms with Gasteiger partial charge in [0.1, 0.15) is 0 Å². The van der Waals surface area contributed by atoms with Crippen molar-refractivity contribution >= 4 is 22.7 Å². The molecule has 0 amide bonds. The second-order valence-electron chi connectivity index (χ2n) is 5.41. The van der Waals surface area contributed by atoms with Crippen molar-refractivity contribution in [2.75, 3.05) is 26.2 Å². The molecule has 2 aromatic rings. The molecular formula is C16H21NOS2. The lowest BCUT2D eigenvalue weighted by Crippen LogP contribution is -2.37. The molecule has 0 radical (unpaired) electrons. The Bertz CT molecular complexity index is 452. The van der Waals surface area contributed by atoms with E-state index in [2.05, 4.69) is 39.9 Å². The molecule has 3 heterocycles. The maximum atomic E-state index is 9.06. The van der Waals surface area contributed by atoms with Crippen LogP contribution in [0.5, 0.6) is 0 Å². The number of aliphatic hydroxyl groups excluding tert-OH is 1. The summed E-state index contributed by atoms with van der Waals surface area (Å²) in [7, 11) is 0. The van der Waals surface area contributed by atoms with E-state index in [1.54, 1.807) is 0 Å². The van der Waals surface area contributed by atoms with Crippen molar-refractivity contribution in [3.63, 3.8) is 0 Å². The minimum absolute atomic E-state index is 0.282. The highest BCUT2D eigenvalue weighted by Gasteiger charge is 2.29. The molecule has 4 heteroatoms. The highest BCUT2D eigenvalue weighted by Crippen LogP contribution is 2.41. The Morgan fingerprint density at radius 1 is 1.10 bits per heavy atom. The Kier molecular flexibility index (Phi) is 4.89. The van der Waals surface area contributed by atoms with Crippen LogP contribution in [0.3, 0.4) is 0 Å². The first kappa shape index (κ1) is 14.3. The van der Waals surface area contributed by atoms with Crippen LogP contribution >= 0.6 is 22.7 Å². The van der Waals surface area contributed by atoms with E-state index in [9.17, 15) is 0 Å². The summed E-state index contributed by atoms with van der Waals surface area (Å²) in [6.45, 7) is 3.36. The summed E-state index contributed by atoms with van der Waals surface area (Å²) in [6.07, 6.45) is 2.47. The van der Waals surface area contributed by atoms with E-state index in [-0.39, 0.29) is 6.61 Å². The summed E-state index contributed by atoms with van der Waals surface area (Å²) in [5.74, 6) is 1.31. The largest absolute Gasteiger partial charge is 0.395 e. The number of nitrogens with zero attached hydrogens (tertiary/aromatic N) is 1. The number of likely N-dealkylation sites (tertiary alicyclic amines) is 1. The second-order valence-corrected chi connectivity index (χ2v) is 7.37. The smallest absolute Gasteiger partial charge is 0.0558 e. The number of rotatable bonds is 5. The fourth-order valence-corrected chi connectivity index (χ4v) is 5.14. The van der Waals surface area contributed by atoms with Gasteiger partial charge in [0.05, 0.1) is 6.61 Å². The number of piperidine rings is 1. The first-order chi connectivity index (χ1) is 9.88. The molecule has 1 fully saturated rings. The van der Waals surface area contributed by atoms with Gasteiger partial charge < -0.3 is 10.0 Å². The third-order valence-corrected chi connectivity index (χ3v) is 6.13. The number of hydrogen-bond donors (Lipinski definition) is 1. The van der Waals surface area contributed by atoms with Gasteiger partial charge in [0.25, 0.3) is 0 Å². The van der Waals surface area contributed by atoms with Gasteiger partial charge in [-0.3, -0.25) is 0 Å². The van der Waals surface area contributed by atoms with Crippen molar-refractivity contribution < 1.29 is 5.11 Å². The first-order valence-corrected chi connectivity index (χ1v) is 9.04. The van der Waals surface area contributed by atoms with Gasteiger partial charge in [0, 0.05) is 22.2 Å². The van der Waals surface area contributed by atoms with Crippen LogP contribution in [0.15, 0.2) is 35.0 Å². The zero-order valence-electron chi connectivity index (χ0n) is 11.6. The molecule has 20 heavy (non-hydrogen) atoms. The molecule has 0 unspecified atom stereocenters. The molecular weight excluding hydrogens is 286 g/mol. The molecule has 0 spiro atoms. The Balaban J connectivity index is 1.75. The van der Waals surface area contributed by atoms with E-state index in [1.807, 2.05) is 22.7 Å². The predicted octanol–water partition coefficient (Wildman–Crippen LogP) is 3.65. The summed E-state index contributed by atoms with van der Waals surface area (Å²) in [4.78, 5) is 5.40. The molecule has 108 valence electrons. The molecule has 0 saturated carbocycles. The van der Waals surface area contributed by atoms with E-state index < -0.39 is 0 Å². The SMILES string of the molecule is OCCN1CCC(C(c2cccs2)c2cccs2)CC1. The summed E-state index contributed by atoms with van der Waals surface area (Å²) in [5, 5.41) is 13.4. The lowest BCUT2D eigenvalue weighted by atomic mass is 9.82. The van der Waals surface area contributed by atoms with Gasteiger partial charge in [0.2, 0.25) is 0 Å². The molecule has 2 nitrogen and oxygen atoms in total. The molecule has 3 rings (SSSR count). The predicted molar refractivity (Wildman–Crippen MR) is 86.7 cm³/mol. The van der Waals surface area contributed by atoms with E-state index >= 15 is 0 Å². The molecule has 1 aliphatic rings.